The SMILES string of the molecule is CC(C)CN(C(=O)CCCCCc1ccccc1)[C@@H]1CC[C@@H]2CN(C)CC[C@@]2(c2cccc(O)c2)C1. The fraction of sp³-hybridized carbons (Fsp3) is 0.594. The Morgan fingerprint density at radius 2 is 1.89 bits per heavy atom. The van der Waals surface area contributed by atoms with E-state index >= 15 is 0 Å². The lowest BCUT2D eigenvalue weighted by molar-refractivity contribution is -0.136. The molecule has 2 aromatic rings. The summed E-state index contributed by atoms with van der Waals surface area (Å²) in [4.78, 5) is 18.3. The van der Waals surface area contributed by atoms with Crippen LogP contribution in [0.15, 0.2) is 54.6 Å². The third kappa shape index (κ3) is 6.51. The van der Waals surface area contributed by atoms with Gasteiger partial charge in [-0.25, -0.2) is 0 Å². The topological polar surface area (TPSA) is 43.8 Å². The molecule has 36 heavy (non-hydrogen) atoms. The molecule has 1 aliphatic heterocycles. The van der Waals surface area contributed by atoms with Gasteiger partial charge in [-0.05, 0) is 93.6 Å². The minimum absolute atomic E-state index is 0.0410. The lowest BCUT2D eigenvalue weighted by Crippen LogP contribution is -2.56. The number of fused-ring (bicyclic) bond motifs is 1. The van der Waals surface area contributed by atoms with E-state index < -0.39 is 0 Å². The molecule has 2 aliphatic rings. The van der Waals surface area contributed by atoms with Crippen molar-refractivity contribution in [3.63, 3.8) is 0 Å². The highest BCUT2D eigenvalue weighted by molar-refractivity contribution is 5.76. The first-order chi connectivity index (χ1) is 17.4. The van der Waals surface area contributed by atoms with E-state index in [9.17, 15) is 9.90 Å². The number of likely N-dealkylation sites (tertiary alicyclic amines) is 1. The zero-order valence-electron chi connectivity index (χ0n) is 22.7. The number of aromatic hydroxyl groups is 1. The van der Waals surface area contributed by atoms with Gasteiger partial charge in [-0.1, -0.05) is 62.7 Å². The van der Waals surface area contributed by atoms with Crippen LogP contribution in [-0.2, 0) is 16.6 Å². The Kier molecular flexibility index (Phi) is 9.11. The Balaban J connectivity index is 1.43. The van der Waals surface area contributed by atoms with Crippen LogP contribution >= 0.6 is 0 Å². The predicted octanol–water partition coefficient (Wildman–Crippen LogP) is 6.42. The smallest absolute Gasteiger partial charge is 0.222 e. The van der Waals surface area contributed by atoms with Crippen LogP contribution in [0.5, 0.6) is 5.75 Å². The molecule has 4 rings (SSSR count). The number of amides is 1. The Hall–Kier alpha value is -2.33. The van der Waals surface area contributed by atoms with Crippen LogP contribution in [0.1, 0.15) is 76.3 Å². The highest BCUT2D eigenvalue weighted by Crippen LogP contribution is 2.50. The highest BCUT2D eigenvalue weighted by Gasteiger charge is 2.49. The van der Waals surface area contributed by atoms with Crippen LogP contribution in [0.4, 0.5) is 0 Å². The predicted molar refractivity (Wildman–Crippen MR) is 148 cm³/mol. The highest BCUT2D eigenvalue weighted by atomic mass is 16.3. The number of piperidine rings is 1. The molecule has 1 N–H and O–H groups in total. The molecule has 0 radical (unpaired) electrons. The number of carbonyl (C=O) groups excluding carboxylic acids is 1. The molecule has 3 atom stereocenters. The van der Waals surface area contributed by atoms with Gasteiger partial charge in [0.05, 0.1) is 0 Å². The minimum atomic E-state index is 0.0410. The molecule has 1 heterocycles. The molecular weight excluding hydrogens is 444 g/mol. The summed E-state index contributed by atoms with van der Waals surface area (Å²) in [7, 11) is 2.23. The second-order valence-electron chi connectivity index (χ2n) is 11.8. The zero-order valence-corrected chi connectivity index (χ0v) is 22.7. The van der Waals surface area contributed by atoms with Crippen molar-refractivity contribution in [3.8, 4) is 5.75 Å². The van der Waals surface area contributed by atoms with Crippen LogP contribution in [0.2, 0.25) is 0 Å². The number of nitrogens with zero attached hydrogens (tertiary/aromatic N) is 2. The van der Waals surface area contributed by atoms with Gasteiger partial charge in [0.1, 0.15) is 5.75 Å². The fourth-order valence-electron chi connectivity index (χ4n) is 6.79. The van der Waals surface area contributed by atoms with Crippen molar-refractivity contribution in [1.29, 1.82) is 0 Å². The Labute approximate surface area is 218 Å². The maximum absolute atomic E-state index is 13.6. The number of unbranched alkanes of at least 4 members (excludes halogenated alkanes) is 2. The van der Waals surface area contributed by atoms with Gasteiger partial charge >= 0.3 is 0 Å². The molecule has 1 saturated heterocycles. The molecule has 4 nitrogen and oxygen atoms in total. The molecule has 196 valence electrons. The number of benzene rings is 2. The van der Waals surface area contributed by atoms with Gasteiger partial charge in [0.2, 0.25) is 5.91 Å². The normalized spacial score (nSPS) is 24.4. The Morgan fingerprint density at radius 1 is 1.08 bits per heavy atom. The van der Waals surface area contributed by atoms with Gasteiger partial charge < -0.3 is 14.9 Å². The van der Waals surface area contributed by atoms with Crippen molar-refractivity contribution in [1.82, 2.24) is 9.80 Å². The van der Waals surface area contributed by atoms with E-state index in [4.69, 9.17) is 0 Å². The van der Waals surface area contributed by atoms with E-state index in [2.05, 4.69) is 67.1 Å². The number of carbonyl (C=O) groups is 1. The number of hydrogen-bond acceptors (Lipinski definition) is 3. The molecule has 0 unspecified atom stereocenters. The second-order valence-corrected chi connectivity index (χ2v) is 11.8. The van der Waals surface area contributed by atoms with E-state index in [0.29, 0.717) is 29.9 Å². The largest absolute Gasteiger partial charge is 0.508 e. The quantitative estimate of drug-likeness (QED) is 0.391. The first-order valence-electron chi connectivity index (χ1n) is 14.2. The first kappa shape index (κ1) is 26.7. The summed E-state index contributed by atoms with van der Waals surface area (Å²) >= 11 is 0. The zero-order chi connectivity index (χ0) is 25.5. The van der Waals surface area contributed by atoms with E-state index in [-0.39, 0.29) is 11.5 Å². The van der Waals surface area contributed by atoms with E-state index in [1.165, 1.54) is 11.1 Å². The molecule has 0 spiro atoms. The van der Waals surface area contributed by atoms with Gasteiger partial charge in [0.25, 0.3) is 0 Å². The lowest BCUT2D eigenvalue weighted by atomic mass is 9.57. The third-order valence-electron chi connectivity index (χ3n) is 8.64. The summed E-state index contributed by atoms with van der Waals surface area (Å²) < 4.78 is 0. The summed E-state index contributed by atoms with van der Waals surface area (Å²) in [5.41, 5.74) is 2.69. The van der Waals surface area contributed by atoms with Crippen molar-refractivity contribution in [2.75, 3.05) is 26.7 Å². The summed E-state index contributed by atoms with van der Waals surface area (Å²) in [6.45, 7) is 7.47. The van der Waals surface area contributed by atoms with Crippen molar-refractivity contribution >= 4 is 5.91 Å². The number of hydrogen-bond donors (Lipinski definition) is 1. The van der Waals surface area contributed by atoms with E-state index in [0.717, 1.165) is 71.0 Å². The average molecular weight is 491 g/mol. The van der Waals surface area contributed by atoms with Crippen LogP contribution in [-0.4, -0.2) is 53.5 Å². The minimum Gasteiger partial charge on any atom is -0.508 e. The Bertz CT molecular complexity index is 975. The number of rotatable bonds is 10. The van der Waals surface area contributed by atoms with Crippen LogP contribution in [0.3, 0.4) is 0 Å². The van der Waals surface area contributed by atoms with Gasteiger partial charge in [0, 0.05) is 31.0 Å². The van der Waals surface area contributed by atoms with Gasteiger partial charge in [-0.15, -0.1) is 0 Å². The Morgan fingerprint density at radius 3 is 2.64 bits per heavy atom. The van der Waals surface area contributed by atoms with E-state index in [1.54, 1.807) is 6.07 Å². The molecule has 0 aromatic heterocycles. The second kappa shape index (κ2) is 12.3. The molecule has 1 aliphatic carbocycles. The van der Waals surface area contributed by atoms with Gasteiger partial charge in [-0.3, -0.25) is 4.79 Å². The molecular formula is C32H46N2O2. The summed E-state index contributed by atoms with van der Waals surface area (Å²) in [6.07, 6.45) is 9.30. The monoisotopic (exact) mass is 490 g/mol. The van der Waals surface area contributed by atoms with Crippen LogP contribution < -0.4 is 0 Å². The average Bonchev–Trinajstić information content (AvgIpc) is 2.87. The molecule has 0 bridgehead atoms. The first-order valence-corrected chi connectivity index (χ1v) is 14.2. The number of phenolic OH excluding ortho intramolecular Hbond substituents is 1. The third-order valence-corrected chi connectivity index (χ3v) is 8.64. The van der Waals surface area contributed by atoms with Crippen molar-refractivity contribution < 1.29 is 9.90 Å². The number of aryl methyl sites for hydroxylation is 1. The summed E-state index contributed by atoms with van der Waals surface area (Å²) in [5, 5.41) is 10.3. The van der Waals surface area contributed by atoms with Crippen LogP contribution in [0, 0.1) is 11.8 Å². The van der Waals surface area contributed by atoms with Gasteiger partial charge in [-0.2, -0.15) is 0 Å². The maximum Gasteiger partial charge on any atom is 0.222 e. The molecule has 1 amide bonds. The summed E-state index contributed by atoms with van der Waals surface area (Å²) in [6, 6.07) is 18.9. The van der Waals surface area contributed by atoms with Crippen molar-refractivity contribution in [2.45, 2.75) is 83.1 Å². The van der Waals surface area contributed by atoms with Crippen molar-refractivity contribution in [3.05, 3.63) is 65.7 Å². The molecule has 2 aromatic carbocycles. The molecule has 4 heteroatoms. The van der Waals surface area contributed by atoms with E-state index in [1.807, 2.05) is 12.1 Å². The van der Waals surface area contributed by atoms with Crippen LogP contribution in [0.25, 0.3) is 0 Å². The fourth-order valence-corrected chi connectivity index (χ4v) is 6.79. The maximum atomic E-state index is 13.6. The summed E-state index contributed by atoms with van der Waals surface area (Å²) in [5.74, 6) is 1.72. The molecule has 2 fully saturated rings. The molecule has 1 saturated carbocycles. The van der Waals surface area contributed by atoms with Crippen molar-refractivity contribution in [2.24, 2.45) is 11.8 Å². The number of phenols is 1. The standard InChI is InChI=1S/C32H46N2O2/c1-25(2)23-34(31(36)16-9-5-8-13-26-11-6-4-7-12-26)29-18-17-28-24-33(3)20-19-32(28,22-29)27-14-10-15-30(35)21-27/h4,6-7,10-12,14-15,21,25,28-29,35H,5,8-9,13,16-20,22-24H2,1-3H3/t28-,29-,32+/m1/s1. The lowest BCUT2D eigenvalue weighted by Gasteiger charge is -2.54. The van der Waals surface area contributed by atoms with Gasteiger partial charge in [0.15, 0.2) is 0 Å².